The van der Waals surface area contributed by atoms with Crippen molar-refractivity contribution in [1.82, 2.24) is 10.2 Å². The Labute approximate surface area is 139 Å². The van der Waals surface area contributed by atoms with E-state index >= 15 is 0 Å². The van der Waals surface area contributed by atoms with Crippen molar-refractivity contribution in [2.45, 2.75) is 39.2 Å². The minimum Gasteiger partial charge on any atom is -0.483 e. The van der Waals surface area contributed by atoms with Crippen LogP contribution in [0.25, 0.3) is 0 Å². The van der Waals surface area contributed by atoms with Crippen LogP contribution < -0.4 is 10.1 Å². The van der Waals surface area contributed by atoms with Crippen molar-refractivity contribution in [3.05, 3.63) is 29.8 Å². The highest BCUT2D eigenvalue weighted by molar-refractivity contribution is 5.85. The maximum atomic E-state index is 12.3. The molecule has 1 aromatic carbocycles. The van der Waals surface area contributed by atoms with Gasteiger partial charge in [-0.05, 0) is 24.0 Å². The number of ether oxygens (including phenoxy) is 1. The summed E-state index contributed by atoms with van der Waals surface area (Å²) in [7, 11) is 0. The van der Waals surface area contributed by atoms with Gasteiger partial charge in [0.15, 0.2) is 6.61 Å². The van der Waals surface area contributed by atoms with Crippen molar-refractivity contribution in [1.29, 1.82) is 0 Å². The first kappa shape index (κ1) is 18.8. The van der Waals surface area contributed by atoms with Crippen molar-refractivity contribution >= 4 is 18.3 Å². The number of para-hydroxylation sites is 1. The lowest BCUT2D eigenvalue weighted by atomic mass is 9.86. The van der Waals surface area contributed by atoms with Gasteiger partial charge in [-0.15, -0.1) is 12.4 Å². The molecule has 1 N–H and O–H groups in total. The van der Waals surface area contributed by atoms with Crippen molar-refractivity contribution in [2.24, 2.45) is 0 Å². The molecule has 4 nitrogen and oxygen atoms in total. The summed E-state index contributed by atoms with van der Waals surface area (Å²) in [5.74, 6) is 0.869. The van der Waals surface area contributed by atoms with E-state index in [1.807, 2.05) is 23.1 Å². The Morgan fingerprint density at radius 1 is 1.36 bits per heavy atom. The van der Waals surface area contributed by atoms with E-state index in [0.29, 0.717) is 6.04 Å². The maximum Gasteiger partial charge on any atom is 0.260 e. The molecule has 1 aromatic rings. The Hall–Kier alpha value is -1.26. The average molecular weight is 327 g/mol. The summed E-state index contributed by atoms with van der Waals surface area (Å²) < 4.78 is 5.80. The molecule has 2 rings (SSSR count). The smallest absolute Gasteiger partial charge is 0.260 e. The molecular weight excluding hydrogens is 300 g/mol. The molecule has 0 aliphatic carbocycles. The summed E-state index contributed by atoms with van der Waals surface area (Å²) in [6.07, 6.45) is 0. The van der Waals surface area contributed by atoms with Gasteiger partial charge in [0.1, 0.15) is 5.75 Å². The second-order valence-corrected chi connectivity index (χ2v) is 6.73. The molecule has 5 heteroatoms. The van der Waals surface area contributed by atoms with Crippen LogP contribution in [0.1, 0.15) is 33.3 Å². The molecule has 22 heavy (non-hydrogen) atoms. The van der Waals surface area contributed by atoms with Crippen LogP contribution in [0.4, 0.5) is 0 Å². The first-order valence-corrected chi connectivity index (χ1v) is 7.61. The van der Waals surface area contributed by atoms with Crippen LogP contribution in [0.5, 0.6) is 5.75 Å². The van der Waals surface area contributed by atoms with Gasteiger partial charge in [-0.3, -0.25) is 4.79 Å². The molecule has 124 valence electrons. The van der Waals surface area contributed by atoms with Crippen molar-refractivity contribution in [3.63, 3.8) is 0 Å². The molecule has 1 atom stereocenters. The van der Waals surface area contributed by atoms with Crippen LogP contribution >= 0.6 is 12.4 Å². The van der Waals surface area contributed by atoms with E-state index in [4.69, 9.17) is 4.74 Å². The summed E-state index contributed by atoms with van der Waals surface area (Å²) in [5.41, 5.74) is 1.13. The number of hydrogen-bond donors (Lipinski definition) is 1. The van der Waals surface area contributed by atoms with E-state index in [2.05, 4.69) is 39.1 Å². The molecule has 1 fully saturated rings. The van der Waals surface area contributed by atoms with E-state index in [1.165, 1.54) is 0 Å². The fourth-order valence-electron chi connectivity index (χ4n) is 2.60. The first-order chi connectivity index (χ1) is 9.88. The molecular formula is C17H27ClN2O2. The van der Waals surface area contributed by atoms with Gasteiger partial charge in [0.05, 0.1) is 0 Å². The molecule has 0 saturated carbocycles. The molecule has 1 unspecified atom stereocenters. The van der Waals surface area contributed by atoms with Crippen LogP contribution in [-0.4, -0.2) is 43.1 Å². The highest BCUT2D eigenvalue weighted by Gasteiger charge is 2.22. The van der Waals surface area contributed by atoms with Gasteiger partial charge in [0.2, 0.25) is 0 Å². The fraction of sp³-hybridized carbons (Fsp3) is 0.588. The zero-order valence-corrected chi connectivity index (χ0v) is 14.7. The van der Waals surface area contributed by atoms with Crippen molar-refractivity contribution < 1.29 is 9.53 Å². The number of rotatable bonds is 3. The summed E-state index contributed by atoms with van der Waals surface area (Å²) in [4.78, 5) is 14.1. The normalized spacial score (nSPS) is 18.5. The maximum absolute atomic E-state index is 12.3. The Balaban J connectivity index is 0.00000242. The predicted molar refractivity (Wildman–Crippen MR) is 91.9 cm³/mol. The van der Waals surface area contributed by atoms with Crippen molar-refractivity contribution in [2.75, 3.05) is 26.2 Å². The van der Waals surface area contributed by atoms with E-state index in [1.54, 1.807) is 0 Å². The third-order valence-electron chi connectivity index (χ3n) is 3.77. The third-order valence-corrected chi connectivity index (χ3v) is 3.77. The summed E-state index contributed by atoms with van der Waals surface area (Å²) in [6.45, 7) is 11.0. The third kappa shape index (κ3) is 4.89. The van der Waals surface area contributed by atoms with Crippen LogP contribution in [0.2, 0.25) is 0 Å². The van der Waals surface area contributed by atoms with Crippen LogP contribution in [0, 0.1) is 0 Å². The summed E-state index contributed by atoms with van der Waals surface area (Å²) in [5, 5.41) is 3.33. The molecule has 1 aliphatic rings. The standard InChI is InChI=1S/C17H26N2O2.ClH/c1-13-11-19(10-9-18-13)16(20)12-21-15-8-6-5-7-14(15)17(2,3)4;/h5-8,13,18H,9-12H2,1-4H3;1H. The number of nitrogens with zero attached hydrogens (tertiary/aromatic N) is 1. The lowest BCUT2D eigenvalue weighted by Crippen LogP contribution is -2.52. The molecule has 0 spiro atoms. The van der Waals surface area contributed by atoms with Gasteiger partial charge in [-0.25, -0.2) is 0 Å². The molecule has 0 aromatic heterocycles. The number of piperazine rings is 1. The highest BCUT2D eigenvalue weighted by Crippen LogP contribution is 2.30. The number of halogens is 1. The van der Waals surface area contributed by atoms with E-state index in [-0.39, 0.29) is 30.3 Å². The number of carbonyl (C=O) groups is 1. The van der Waals surface area contributed by atoms with Gasteiger partial charge < -0.3 is 15.0 Å². The second kappa shape index (κ2) is 7.84. The van der Waals surface area contributed by atoms with Gasteiger partial charge in [0.25, 0.3) is 5.91 Å². The Kier molecular flexibility index (Phi) is 6.69. The summed E-state index contributed by atoms with van der Waals surface area (Å²) >= 11 is 0. The van der Waals surface area contributed by atoms with Gasteiger partial charge >= 0.3 is 0 Å². The van der Waals surface area contributed by atoms with E-state index < -0.39 is 0 Å². The molecule has 1 saturated heterocycles. The lowest BCUT2D eigenvalue weighted by molar-refractivity contribution is -0.134. The van der Waals surface area contributed by atoms with Crippen molar-refractivity contribution in [3.8, 4) is 5.75 Å². The Morgan fingerprint density at radius 3 is 2.68 bits per heavy atom. The lowest BCUT2D eigenvalue weighted by Gasteiger charge is -2.32. The number of hydrogen-bond acceptors (Lipinski definition) is 3. The average Bonchev–Trinajstić information content (AvgIpc) is 2.44. The fourth-order valence-corrected chi connectivity index (χ4v) is 2.60. The Bertz CT molecular complexity index is 500. The minimum atomic E-state index is 0. The molecule has 1 heterocycles. The SMILES string of the molecule is CC1CN(C(=O)COc2ccccc2C(C)(C)C)CCN1.Cl. The van der Waals surface area contributed by atoms with Crippen LogP contribution in [-0.2, 0) is 10.2 Å². The first-order valence-electron chi connectivity index (χ1n) is 7.61. The number of carbonyl (C=O) groups excluding carboxylic acids is 1. The number of benzene rings is 1. The van der Waals surface area contributed by atoms with E-state index in [9.17, 15) is 4.79 Å². The molecule has 0 radical (unpaired) electrons. The van der Waals surface area contributed by atoms with Gasteiger partial charge in [0, 0.05) is 25.7 Å². The van der Waals surface area contributed by atoms with Crippen LogP contribution in [0.3, 0.4) is 0 Å². The molecule has 1 aliphatic heterocycles. The quantitative estimate of drug-likeness (QED) is 0.928. The highest BCUT2D eigenvalue weighted by atomic mass is 35.5. The monoisotopic (exact) mass is 326 g/mol. The summed E-state index contributed by atoms with van der Waals surface area (Å²) in [6, 6.07) is 8.31. The second-order valence-electron chi connectivity index (χ2n) is 6.73. The topological polar surface area (TPSA) is 41.6 Å². The largest absolute Gasteiger partial charge is 0.483 e. The minimum absolute atomic E-state index is 0. The molecule has 1 amide bonds. The zero-order chi connectivity index (χ0) is 15.5. The molecule has 0 bridgehead atoms. The Morgan fingerprint density at radius 2 is 2.05 bits per heavy atom. The van der Waals surface area contributed by atoms with Gasteiger partial charge in [-0.2, -0.15) is 0 Å². The predicted octanol–water partition coefficient (Wildman–Crippen LogP) is 2.61. The van der Waals surface area contributed by atoms with Gasteiger partial charge in [-0.1, -0.05) is 39.0 Å². The number of nitrogens with one attached hydrogen (secondary N) is 1. The van der Waals surface area contributed by atoms with E-state index in [0.717, 1.165) is 30.9 Å². The van der Waals surface area contributed by atoms with Crippen LogP contribution in [0.15, 0.2) is 24.3 Å². The zero-order valence-electron chi connectivity index (χ0n) is 13.9. The number of amides is 1.